The summed E-state index contributed by atoms with van der Waals surface area (Å²) in [7, 11) is 0. The molecule has 27 heavy (non-hydrogen) atoms. The molecule has 0 unspecified atom stereocenters. The molecule has 140 valence electrons. The highest BCUT2D eigenvalue weighted by molar-refractivity contribution is 5.81. The standard InChI is InChI=1S/C22H22O5/c1-12(2)22(24)26-16-6-7-17-19(10-16)25-11-20(21(17)23)27-18-9-13(3)8-14(4)15(18)5/h6-12H,1-5H3. The molecule has 1 aromatic heterocycles. The smallest absolute Gasteiger partial charge is 0.313 e. The van der Waals surface area contributed by atoms with Gasteiger partial charge in [0.05, 0.1) is 11.3 Å². The van der Waals surface area contributed by atoms with Gasteiger partial charge in [0.1, 0.15) is 23.3 Å². The Labute approximate surface area is 157 Å². The fourth-order valence-electron chi connectivity index (χ4n) is 2.68. The number of rotatable bonds is 4. The fourth-order valence-corrected chi connectivity index (χ4v) is 2.68. The van der Waals surface area contributed by atoms with Crippen LogP contribution in [-0.4, -0.2) is 5.97 Å². The maximum absolute atomic E-state index is 12.8. The van der Waals surface area contributed by atoms with Gasteiger partial charge in [-0.2, -0.15) is 0 Å². The van der Waals surface area contributed by atoms with Crippen molar-refractivity contribution in [1.29, 1.82) is 0 Å². The second-order valence-electron chi connectivity index (χ2n) is 6.97. The molecule has 0 saturated heterocycles. The van der Waals surface area contributed by atoms with Crippen molar-refractivity contribution in [3.05, 3.63) is 63.5 Å². The van der Waals surface area contributed by atoms with E-state index < -0.39 is 0 Å². The minimum Gasteiger partial charge on any atom is -0.460 e. The summed E-state index contributed by atoms with van der Waals surface area (Å²) < 4.78 is 16.7. The van der Waals surface area contributed by atoms with E-state index in [4.69, 9.17) is 13.9 Å². The first-order valence-corrected chi connectivity index (χ1v) is 8.79. The topological polar surface area (TPSA) is 65.7 Å². The van der Waals surface area contributed by atoms with Crippen LogP contribution in [-0.2, 0) is 4.79 Å². The highest BCUT2D eigenvalue weighted by Crippen LogP contribution is 2.29. The third kappa shape index (κ3) is 3.87. The van der Waals surface area contributed by atoms with E-state index in [1.54, 1.807) is 26.0 Å². The molecule has 0 spiro atoms. The van der Waals surface area contributed by atoms with Crippen LogP contribution in [0.4, 0.5) is 0 Å². The molecule has 0 N–H and O–H groups in total. The van der Waals surface area contributed by atoms with Crippen molar-refractivity contribution < 1.29 is 18.7 Å². The minimum absolute atomic E-state index is 0.113. The summed E-state index contributed by atoms with van der Waals surface area (Å²) in [6.45, 7) is 9.42. The lowest BCUT2D eigenvalue weighted by atomic mass is 10.1. The van der Waals surface area contributed by atoms with Crippen LogP contribution in [0.1, 0.15) is 30.5 Å². The van der Waals surface area contributed by atoms with Gasteiger partial charge in [0.2, 0.25) is 11.2 Å². The summed E-state index contributed by atoms with van der Waals surface area (Å²) in [5.74, 6) is 0.485. The van der Waals surface area contributed by atoms with E-state index in [1.165, 1.54) is 12.3 Å². The number of esters is 1. The average Bonchev–Trinajstić information content (AvgIpc) is 2.61. The van der Waals surface area contributed by atoms with Gasteiger partial charge in [-0.1, -0.05) is 19.9 Å². The molecule has 0 fully saturated rings. The zero-order valence-electron chi connectivity index (χ0n) is 16.1. The zero-order valence-corrected chi connectivity index (χ0v) is 16.1. The van der Waals surface area contributed by atoms with E-state index in [9.17, 15) is 9.59 Å². The Morgan fingerprint density at radius 1 is 1.04 bits per heavy atom. The summed E-state index contributed by atoms with van der Waals surface area (Å²) in [6, 6.07) is 8.63. The lowest BCUT2D eigenvalue weighted by molar-refractivity contribution is -0.137. The molecule has 0 aliphatic rings. The second-order valence-corrected chi connectivity index (χ2v) is 6.97. The monoisotopic (exact) mass is 366 g/mol. The first-order chi connectivity index (χ1) is 12.8. The number of benzene rings is 2. The summed E-state index contributed by atoms with van der Waals surface area (Å²) >= 11 is 0. The minimum atomic E-state index is -0.345. The largest absolute Gasteiger partial charge is 0.460 e. The number of ether oxygens (including phenoxy) is 2. The van der Waals surface area contributed by atoms with Crippen LogP contribution in [0.25, 0.3) is 11.0 Å². The van der Waals surface area contributed by atoms with E-state index >= 15 is 0 Å². The number of hydrogen-bond acceptors (Lipinski definition) is 5. The number of aryl methyl sites for hydroxylation is 2. The summed E-state index contributed by atoms with van der Waals surface area (Å²) in [5.41, 5.74) is 3.16. The van der Waals surface area contributed by atoms with Crippen molar-refractivity contribution in [3.8, 4) is 17.2 Å². The van der Waals surface area contributed by atoms with Gasteiger partial charge in [-0.15, -0.1) is 0 Å². The van der Waals surface area contributed by atoms with Crippen LogP contribution in [0.2, 0.25) is 0 Å². The Bertz CT molecular complexity index is 1080. The van der Waals surface area contributed by atoms with Gasteiger partial charge in [0, 0.05) is 6.07 Å². The van der Waals surface area contributed by atoms with E-state index in [0.717, 1.165) is 16.7 Å². The number of carbonyl (C=O) groups excluding carboxylic acids is 1. The highest BCUT2D eigenvalue weighted by Gasteiger charge is 2.14. The molecule has 0 bridgehead atoms. The van der Waals surface area contributed by atoms with Crippen molar-refractivity contribution in [3.63, 3.8) is 0 Å². The maximum Gasteiger partial charge on any atom is 0.313 e. The molecule has 5 heteroatoms. The lowest BCUT2D eigenvalue weighted by Gasteiger charge is -2.12. The summed E-state index contributed by atoms with van der Waals surface area (Å²) in [5, 5.41) is 0.360. The van der Waals surface area contributed by atoms with Gasteiger partial charge in [-0.3, -0.25) is 9.59 Å². The molecule has 2 aromatic carbocycles. The van der Waals surface area contributed by atoms with Crippen LogP contribution >= 0.6 is 0 Å². The Balaban J connectivity index is 1.97. The molecule has 3 rings (SSSR count). The maximum atomic E-state index is 12.8. The van der Waals surface area contributed by atoms with E-state index in [2.05, 4.69) is 6.07 Å². The van der Waals surface area contributed by atoms with E-state index in [1.807, 2.05) is 26.8 Å². The SMILES string of the molecule is Cc1cc(C)c(C)c(Oc2coc3cc(OC(=O)C(C)C)ccc3c2=O)c1. The molecule has 0 amide bonds. The molecule has 5 nitrogen and oxygen atoms in total. The Kier molecular flexibility index (Phi) is 5.04. The van der Waals surface area contributed by atoms with Crippen LogP contribution in [0.3, 0.4) is 0 Å². The molecule has 0 aliphatic heterocycles. The van der Waals surface area contributed by atoms with Crippen LogP contribution < -0.4 is 14.9 Å². The predicted molar refractivity (Wildman–Crippen MR) is 104 cm³/mol. The van der Waals surface area contributed by atoms with Gasteiger partial charge < -0.3 is 13.9 Å². The Morgan fingerprint density at radius 3 is 2.48 bits per heavy atom. The van der Waals surface area contributed by atoms with Gasteiger partial charge in [0.25, 0.3) is 0 Å². The van der Waals surface area contributed by atoms with Gasteiger partial charge >= 0.3 is 5.97 Å². The summed E-state index contributed by atoms with van der Waals surface area (Å²) in [6.07, 6.45) is 1.29. The van der Waals surface area contributed by atoms with Crippen molar-refractivity contribution >= 4 is 16.9 Å². The van der Waals surface area contributed by atoms with Crippen molar-refractivity contribution in [2.24, 2.45) is 5.92 Å². The van der Waals surface area contributed by atoms with Gasteiger partial charge in [0.15, 0.2) is 0 Å². The molecule has 0 radical (unpaired) electrons. The number of carbonyl (C=O) groups is 1. The summed E-state index contributed by atoms with van der Waals surface area (Å²) in [4.78, 5) is 24.5. The van der Waals surface area contributed by atoms with Gasteiger partial charge in [-0.25, -0.2) is 0 Å². The zero-order chi connectivity index (χ0) is 19.7. The highest BCUT2D eigenvalue weighted by atomic mass is 16.5. The molecule has 0 aliphatic carbocycles. The fraction of sp³-hybridized carbons (Fsp3) is 0.273. The molecule has 3 aromatic rings. The quantitative estimate of drug-likeness (QED) is 0.476. The average molecular weight is 366 g/mol. The number of hydrogen-bond donors (Lipinski definition) is 0. The third-order valence-corrected chi connectivity index (χ3v) is 4.39. The third-order valence-electron chi connectivity index (χ3n) is 4.39. The first kappa shape index (κ1) is 18.7. The predicted octanol–water partition coefficient (Wildman–Crippen LogP) is 5.07. The Hall–Kier alpha value is -3.08. The first-order valence-electron chi connectivity index (χ1n) is 8.79. The molecule has 1 heterocycles. The van der Waals surface area contributed by atoms with E-state index in [-0.39, 0.29) is 23.1 Å². The lowest BCUT2D eigenvalue weighted by Crippen LogP contribution is -2.14. The van der Waals surface area contributed by atoms with Crippen molar-refractivity contribution in [2.45, 2.75) is 34.6 Å². The second kappa shape index (κ2) is 7.27. The van der Waals surface area contributed by atoms with E-state index in [0.29, 0.717) is 22.5 Å². The number of fused-ring (bicyclic) bond motifs is 1. The van der Waals surface area contributed by atoms with Crippen LogP contribution in [0.15, 0.2) is 45.8 Å². The molecule has 0 saturated carbocycles. The molecular formula is C22H22O5. The Morgan fingerprint density at radius 2 is 1.78 bits per heavy atom. The normalized spacial score (nSPS) is 11.0. The van der Waals surface area contributed by atoms with Gasteiger partial charge in [-0.05, 0) is 55.7 Å². The van der Waals surface area contributed by atoms with Crippen LogP contribution in [0, 0.1) is 26.7 Å². The van der Waals surface area contributed by atoms with Crippen LogP contribution in [0.5, 0.6) is 17.2 Å². The van der Waals surface area contributed by atoms with Crippen molar-refractivity contribution in [2.75, 3.05) is 0 Å². The molecule has 0 atom stereocenters. The van der Waals surface area contributed by atoms with Crippen molar-refractivity contribution in [1.82, 2.24) is 0 Å². The molecular weight excluding hydrogens is 344 g/mol.